The smallest absolute Gasteiger partial charge is 0.223 e. The zero-order chi connectivity index (χ0) is 28.9. The highest BCUT2D eigenvalue weighted by Gasteiger charge is 2.62. The van der Waals surface area contributed by atoms with E-state index in [1.165, 1.54) is 26.2 Å². The monoisotopic (exact) mass is 567 g/mol. The molecule has 0 aromatic carbocycles. The highest BCUT2D eigenvalue weighted by atomic mass is 16.7. The van der Waals surface area contributed by atoms with Crippen molar-refractivity contribution in [3.8, 4) is 0 Å². The van der Waals surface area contributed by atoms with Crippen LogP contribution in [0.3, 0.4) is 0 Å². The molecule has 4 fully saturated rings. The maximum absolute atomic E-state index is 12.9. The molecule has 3 aliphatic heterocycles. The Balaban J connectivity index is 1.03. The molecule has 0 bridgehead atoms. The van der Waals surface area contributed by atoms with Gasteiger partial charge >= 0.3 is 0 Å². The second-order valence-corrected chi connectivity index (χ2v) is 12.3. The maximum Gasteiger partial charge on any atom is 0.223 e. The molecule has 4 aliphatic rings. The van der Waals surface area contributed by atoms with E-state index in [4.69, 9.17) is 14.2 Å². The number of amides is 3. The summed E-state index contributed by atoms with van der Waals surface area (Å²) < 4.78 is 16.5. The summed E-state index contributed by atoms with van der Waals surface area (Å²) in [4.78, 5) is 38.9. The molecule has 40 heavy (non-hydrogen) atoms. The Morgan fingerprint density at radius 1 is 1.02 bits per heavy atom. The number of unbranched alkanes of at least 4 members (excludes halogenated alkanes) is 3. The van der Waals surface area contributed by atoms with Crippen molar-refractivity contribution < 1.29 is 38.8 Å². The van der Waals surface area contributed by atoms with Gasteiger partial charge < -0.3 is 40.0 Å². The van der Waals surface area contributed by atoms with E-state index < -0.39 is 36.9 Å². The molecular weight excluding hydrogens is 518 g/mol. The zero-order valence-corrected chi connectivity index (χ0v) is 24.3. The Bertz CT molecular complexity index is 889. The Labute approximate surface area is 237 Å². The first-order valence-electron chi connectivity index (χ1n) is 15.3. The van der Waals surface area contributed by atoms with Crippen molar-refractivity contribution >= 4 is 17.7 Å². The molecule has 4 N–H and O–H groups in total. The Morgan fingerprint density at radius 3 is 2.52 bits per heavy atom. The summed E-state index contributed by atoms with van der Waals surface area (Å²) in [5.74, 6) is 1.25. The fourth-order valence-electron chi connectivity index (χ4n) is 6.85. The third kappa shape index (κ3) is 7.34. The van der Waals surface area contributed by atoms with E-state index in [9.17, 15) is 24.6 Å². The van der Waals surface area contributed by atoms with Crippen molar-refractivity contribution in [1.29, 1.82) is 0 Å². The van der Waals surface area contributed by atoms with Gasteiger partial charge in [-0.25, -0.2) is 0 Å². The van der Waals surface area contributed by atoms with Crippen molar-refractivity contribution in [2.75, 3.05) is 19.7 Å². The molecule has 11 nitrogen and oxygen atoms in total. The molecule has 1 saturated carbocycles. The van der Waals surface area contributed by atoms with Crippen LogP contribution in [0.25, 0.3) is 0 Å². The predicted molar refractivity (Wildman–Crippen MR) is 146 cm³/mol. The van der Waals surface area contributed by atoms with Gasteiger partial charge in [-0.3, -0.25) is 14.4 Å². The van der Waals surface area contributed by atoms with Gasteiger partial charge in [0.25, 0.3) is 0 Å². The lowest BCUT2D eigenvalue weighted by Crippen LogP contribution is -2.72. The number of carbonyl (C=O) groups is 3. The van der Waals surface area contributed by atoms with Gasteiger partial charge in [0.1, 0.15) is 24.4 Å². The SMILES string of the molecule is CCC[C@H]1CC12C[C@@H](C)CN2C(=O)CCCCCNC(=O)CCCCO[C@@H]1OC2C(O)O[C@@H]2C(O)C1NC(C)=O. The summed E-state index contributed by atoms with van der Waals surface area (Å²) in [6, 6.07) is -0.809. The summed E-state index contributed by atoms with van der Waals surface area (Å²) in [6.45, 7) is 7.61. The van der Waals surface area contributed by atoms with Crippen molar-refractivity contribution in [3.05, 3.63) is 0 Å². The minimum absolute atomic E-state index is 0.0159. The molecule has 0 radical (unpaired) electrons. The topological polar surface area (TPSA) is 147 Å². The van der Waals surface area contributed by atoms with Gasteiger partial charge in [-0.2, -0.15) is 0 Å². The first-order valence-corrected chi connectivity index (χ1v) is 15.3. The van der Waals surface area contributed by atoms with Crippen molar-refractivity contribution in [2.45, 2.75) is 134 Å². The number of aliphatic hydroxyl groups is 2. The van der Waals surface area contributed by atoms with Crippen molar-refractivity contribution in [1.82, 2.24) is 15.5 Å². The highest BCUT2D eigenvalue weighted by Crippen LogP contribution is 2.58. The second-order valence-electron chi connectivity index (χ2n) is 12.3. The number of aliphatic hydroxyl groups excluding tert-OH is 2. The average molecular weight is 568 g/mol. The van der Waals surface area contributed by atoms with E-state index in [2.05, 4.69) is 29.4 Å². The van der Waals surface area contributed by atoms with Crippen LogP contribution in [-0.2, 0) is 28.6 Å². The maximum atomic E-state index is 12.9. The quantitative estimate of drug-likeness (QED) is 0.218. The summed E-state index contributed by atoms with van der Waals surface area (Å²) in [5.41, 5.74) is 0.167. The first-order chi connectivity index (χ1) is 19.2. The molecule has 0 aromatic heterocycles. The van der Waals surface area contributed by atoms with Crippen LogP contribution in [0.2, 0.25) is 0 Å². The molecule has 9 atom stereocenters. The normalized spacial score (nSPS) is 36.2. The molecule has 0 aromatic rings. The number of hydrogen-bond donors (Lipinski definition) is 4. The summed E-state index contributed by atoms with van der Waals surface area (Å²) in [7, 11) is 0. The largest absolute Gasteiger partial charge is 0.388 e. The number of rotatable bonds is 15. The van der Waals surface area contributed by atoms with E-state index in [1.807, 2.05) is 0 Å². The Morgan fingerprint density at radius 2 is 1.80 bits per heavy atom. The minimum atomic E-state index is -1.13. The number of nitrogens with zero attached hydrogens (tertiary/aromatic N) is 1. The van der Waals surface area contributed by atoms with Gasteiger partial charge in [-0.05, 0) is 56.8 Å². The minimum Gasteiger partial charge on any atom is -0.388 e. The van der Waals surface area contributed by atoms with Crippen LogP contribution < -0.4 is 10.6 Å². The molecule has 4 rings (SSSR count). The third-order valence-electron chi connectivity index (χ3n) is 8.90. The van der Waals surface area contributed by atoms with E-state index >= 15 is 0 Å². The molecule has 3 saturated heterocycles. The Kier molecular flexibility index (Phi) is 10.8. The van der Waals surface area contributed by atoms with Gasteiger partial charge in [0, 0.05) is 45.0 Å². The van der Waals surface area contributed by atoms with Crippen molar-refractivity contribution in [2.24, 2.45) is 11.8 Å². The van der Waals surface area contributed by atoms with E-state index in [0.29, 0.717) is 50.0 Å². The fourth-order valence-corrected chi connectivity index (χ4v) is 6.85. The number of likely N-dealkylation sites (tertiary alicyclic amines) is 1. The molecule has 3 amide bonds. The van der Waals surface area contributed by atoms with Crippen molar-refractivity contribution in [3.63, 3.8) is 0 Å². The van der Waals surface area contributed by atoms with Crippen LogP contribution in [-0.4, -0.2) is 95.0 Å². The lowest BCUT2D eigenvalue weighted by molar-refractivity contribution is -0.396. The zero-order valence-electron chi connectivity index (χ0n) is 24.3. The summed E-state index contributed by atoms with van der Waals surface area (Å²) in [5, 5.41) is 25.7. The van der Waals surface area contributed by atoms with Gasteiger partial charge in [0.05, 0.1) is 0 Å². The van der Waals surface area contributed by atoms with Gasteiger partial charge in [0.2, 0.25) is 17.7 Å². The average Bonchev–Trinajstić information content (AvgIpc) is 3.46. The number of hydrogen-bond acceptors (Lipinski definition) is 8. The van der Waals surface area contributed by atoms with E-state index in [-0.39, 0.29) is 24.0 Å². The number of carbonyl (C=O) groups excluding carboxylic acids is 3. The standard InChI is InChI=1S/C29H49N3O8/c1-4-10-20-16-29(20)15-18(2)17-32(29)22(35)12-6-5-8-13-30-21(34)11-7-9-14-38-28-23(31-19(3)33)24(36)25-26(40-28)27(37)39-25/h18,20,23-28,36-37H,4-17H2,1-3H3,(H,30,34)(H,31,33)/t18-,20+,23?,24?,25-,26?,27?,28-,29?/m1/s1. The lowest BCUT2D eigenvalue weighted by Gasteiger charge is -2.51. The molecule has 1 aliphatic carbocycles. The summed E-state index contributed by atoms with van der Waals surface area (Å²) in [6.07, 6.45) is 5.05. The fraction of sp³-hybridized carbons (Fsp3) is 0.897. The third-order valence-corrected chi connectivity index (χ3v) is 8.90. The van der Waals surface area contributed by atoms with Crippen LogP contribution in [0.4, 0.5) is 0 Å². The van der Waals surface area contributed by atoms with E-state index in [0.717, 1.165) is 32.2 Å². The van der Waals surface area contributed by atoms with Crippen LogP contribution in [0.1, 0.15) is 91.4 Å². The van der Waals surface area contributed by atoms with E-state index in [1.54, 1.807) is 0 Å². The molecular formula is C29H49N3O8. The highest BCUT2D eigenvalue weighted by molar-refractivity contribution is 5.78. The molecule has 5 unspecified atom stereocenters. The second kappa shape index (κ2) is 13.9. The number of fused-ring (bicyclic) bond motifs is 1. The number of nitrogens with one attached hydrogen (secondary N) is 2. The van der Waals surface area contributed by atoms with Crippen LogP contribution in [0, 0.1) is 11.8 Å². The van der Waals surface area contributed by atoms with Gasteiger partial charge in [-0.1, -0.05) is 26.7 Å². The lowest BCUT2D eigenvalue weighted by atomic mass is 9.92. The summed E-state index contributed by atoms with van der Waals surface area (Å²) >= 11 is 0. The van der Waals surface area contributed by atoms with Gasteiger partial charge in [0.15, 0.2) is 12.6 Å². The molecule has 228 valence electrons. The first kappa shape index (κ1) is 31.2. The molecule has 1 spiro atoms. The Hall–Kier alpha value is -1.79. The molecule has 3 heterocycles. The predicted octanol–water partition coefficient (Wildman–Crippen LogP) is 1.58. The van der Waals surface area contributed by atoms with Crippen LogP contribution >= 0.6 is 0 Å². The van der Waals surface area contributed by atoms with Gasteiger partial charge in [-0.15, -0.1) is 0 Å². The van der Waals surface area contributed by atoms with Crippen LogP contribution in [0.5, 0.6) is 0 Å². The number of ether oxygens (including phenoxy) is 3. The van der Waals surface area contributed by atoms with Crippen LogP contribution in [0.15, 0.2) is 0 Å². The molecule has 11 heteroatoms.